The molecule has 1 N–H and O–H groups in total. The number of aryl methyl sites for hydroxylation is 2. The van der Waals surface area contributed by atoms with Crippen molar-refractivity contribution >= 4 is 0 Å². The van der Waals surface area contributed by atoms with Gasteiger partial charge in [-0.1, -0.05) is 71.9 Å². The number of hydrogen-bond acceptors (Lipinski definition) is 1. The summed E-state index contributed by atoms with van der Waals surface area (Å²) in [7, 11) is 0. The Hall–Kier alpha value is -0.980. The molecule has 1 rings (SSSR count). The molecule has 0 atom stereocenters. The fourth-order valence-corrected chi connectivity index (χ4v) is 2.01. The van der Waals surface area contributed by atoms with Gasteiger partial charge in [0.25, 0.3) is 0 Å². The topological polar surface area (TPSA) is 20.2 Å². The van der Waals surface area contributed by atoms with Gasteiger partial charge in [-0.2, -0.15) is 0 Å². The number of phenolic OH excluding ortho intramolecular Hbond substituents is 1. The van der Waals surface area contributed by atoms with Crippen molar-refractivity contribution in [1.29, 1.82) is 0 Å². The molecule has 0 heterocycles. The Morgan fingerprint density at radius 2 is 1.53 bits per heavy atom. The second-order valence-corrected chi connectivity index (χ2v) is 5.19. The first-order chi connectivity index (χ1) is 9.19. The lowest BCUT2D eigenvalue weighted by molar-refractivity contribution is 0.468. The van der Waals surface area contributed by atoms with Crippen LogP contribution in [0.25, 0.3) is 0 Å². The van der Waals surface area contributed by atoms with Crippen LogP contribution in [0.4, 0.5) is 0 Å². The van der Waals surface area contributed by atoms with Gasteiger partial charge in [-0.15, -0.1) is 0 Å². The van der Waals surface area contributed by atoms with E-state index in [-0.39, 0.29) is 0 Å². The number of rotatable bonds is 7. The summed E-state index contributed by atoms with van der Waals surface area (Å²) in [5.74, 6) is 0.442. The monoisotopic (exact) mass is 264 g/mol. The molecule has 1 nitrogen and oxygen atoms in total. The Balaban J connectivity index is 0.000000982. The predicted octanol–water partition coefficient (Wildman–Crippen LogP) is 5.88. The van der Waals surface area contributed by atoms with Gasteiger partial charge in [-0.05, 0) is 36.5 Å². The van der Waals surface area contributed by atoms with E-state index < -0.39 is 0 Å². The van der Waals surface area contributed by atoms with Gasteiger partial charge in [-0.25, -0.2) is 0 Å². The standard InChI is InChI=1S/C15H24O.C3H8/c1-3-5-6-7-8-9-13-10-11-15(16)14(4-2)12-13;1-3-2/h10-12,16H,3-9H2,1-2H3;3H2,1-2H3. The van der Waals surface area contributed by atoms with E-state index in [1.807, 2.05) is 12.1 Å². The van der Waals surface area contributed by atoms with Crippen LogP contribution in [-0.2, 0) is 12.8 Å². The van der Waals surface area contributed by atoms with Crippen LogP contribution >= 0.6 is 0 Å². The van der Waals surface area contributed by atoms with E-state index in [0.29, 0.717) is 5.75 Å². The molecule has 0 unspecified atom stereocenters. The van der Waals surface area contributed by atoms with Crippen LogP contribution in [0.15, 0.2) is 18.2 Å². The van der Waals surface area contributed by atoms with Gasteiger partial charge in [0.05, 0.1) is 0 Å². The molecule has 0 aliphatic heterocycles. The minimum Gasteiger partial charge on any atom is -0.508 e. The van der Waals surface area contributed by atoms with Crippen LogP contribution in [0, 0.1) is 0 Å². The minimum absolute atomic E-state index is 0.442. The number of phenols is 1. The summed E-state index contributed by atoms with van der Waals surface area (Å²) in [5, 5.41) is 9.58. The molecule has 0 amide bonds. The summed E-state index contributed by atoms with van der Waals surface area (Å²) < 4.78 is 0. The number of benzene rings is 1. The maximum Gasteiger partial charge on any atom is 0.118 e. The summed E-state index contributed by atoms with van der Waals surface area (Å²) in [6, 6.07) is 6.03. The van der Waals surface area contributed by atoms with Crippen molar-refractivity contribution in [2.75, 3.05) is 0 Å². The summed E-state index contributed by atoms with van der Waals surface area (Å²) in [5.41, 5.74) is 2.44. The lowest BCUT2D eigenvalue weighted by atomic mass is 10.0. The fraction of sp³-hybridized carbons (Fsp3) is 0.667. The van der Waals surface area contributed by atoms with E-state index in [0.717, 1.165) is 18.4 Å². The molecule has 0 fully saturated rings. The Labute approximate surface area is 120 Å². The SMILES string of the molecule is CCC.CCCCCCCc1ccc(O)c(CC)c1. The highest BCUT2D eigenvalue weighted by Gasteiger charge is 2.00. The molecule has 19 heavy (non-hydrogen) atoms. The van der Waals surface area contributed by atoms with E-state index in [9.17, 15) is 5.11 Å². The zero-order chi connectivity index (χ0) is 14.5. The van der Waals surface area contributed by atoms with Crippen molar-refractivity contribution in [2.24, 2.45) is 0 Å². The van der Waals surface area contributed by atoms with Crippen LogP contribution in [-0.4, -0.2) is 5.11 Å². The number of hydrogen-bond donors (Lipinski definition) is 1. The fourth-order valence-electron chi connectivity index (χ4n) is 2.01. The first kappa shape index (κ1) is 18.0. The molecular weight excluding hydrogens is 232 g/mol. The highest BCUT2D eigenvalue weighted by molar-refractivity contribution is 5.36. The Morgan fingerprint density at radius 1 is 0.895 bits per heavy atom. The molecule has 0 aliphatic rings. The van der Waals surface area contributed by atoms with Crippen molar-refractivity contribution in [3.8, 4) is 5.75 Å². The van der Waals surface area contributed by atoms with Crippen LogP contribution in [0.5, 0.6) is 5.75 Å². The second-order valence-electron chi connectivity index (χ2n) is 5.19. The summed E-state index contributed by atoms with van der Waals surface area (Å²) >= 11 is 0. The van der Waals surface area contributed by atoms with Gasteiger partial charge in [0.15, 0.2) is 0 Å². The normalized spacial score (nSPS) is 9.89. The Bertz CT molecular complexity index is 317. The molecule has 1 aromatic carbocycles. The summed E-state index contributed by atoms with van der Waals surface area (Å²) in [6.07, 6.45) is 9.93. The Morgan fingerprint density at radius 3 is 2.11 bits per heavy atom. The number of aromatic hydroxyl groups is 1. The molecule has 0 saturated carbocycles. The van der Waals surface area contributed by atoms with Gasteiger partial charge >= 0.3 is 0 Å². The minimum atomic E-state index is 0.442. The maximum atomic E-state index is 9.58. The average molecular weight is 264 g/mol. The third kappa shape index (κ3) is 8.69. The highest BCUT2D eigenvalue weighted by Crippen LogP contribution is 2.20. The van der Waals surface area contributed by atoms with Crippen LogP contribution in [0.2, 0.25) is 0 Å². The van der Waals surface area contributed by atoms with Crippen molar-refractivity contribution in [3.63, 3.8) is 0 Å². The van der Waals surface area contributed by atoms with Crippen molar-refractivity contribution in [3.05, 3.63) is 29.3 Å². The molecule has 0 saturated heterocycles. The average Bonchev–Trinajstić information content (AvgIpc) is 2.41. The molecule has 110 valence electrons. The van der Waals surface area contributed by atoms with Crippen molar-refractivity contribution < 1.29 is 5.11 Å². The summed E-state index contributed by atoms with van der Waals surface area (Å²) in [4.78, 5) is 0. The number of unbranched alkanes of at least 4 members (excludes halogenated alkanes) is 4. The lowest BCUT2D eigenvalue weighted by Crippen LogP contribution is -1.89. The maximum absolute atomic E-state index is 9.58. The molecule has 0 radical (unpaired) electrons. The largest absolute Gasteiger partial charge is 0.508 e. The van der Waals surface area contributed by atoms with Crippen LogP contribution < -0.4 is 0 Å². The van der Waals surface area contributed by atoms with E-state index >= 15 is 0 Å². The first-order valence-corrected chi connectivity index (χ1v) is 8.00. The molecule has 0 aromatic heterocycles. The third-order valence-electron chi connectivity index (χ3n) is 3.09. The smallest absolute Gasteiger partial charge is 0.118 e. The van der Waals surface area contributed by atoms with Gasteiger partial charge < -0.3 is 5.11 Å². The molecule has 0 spiro atoms. The molecule has 1 aromatic rings. The lowest BCUT2D eigenvalue weighted by Gasteiger charge is -2.06. The zero-order valence-corrected chi connectivity index (χ0v) is 13.3. The summed E-state index contributed by atoms with van der Waals surface area (Å²) in [6.45, 7) is 8.58. The zero-order valence-electron chi connectivity index (χ0n) is 13.3. The van der Waals surface area contributed by atoms with Gasteiger partial charge in [0.1, 0.15) is 5.75 Å². The quantitative estimate of drug-likeness (QED) is 0.609. The van der Waals surface area contributed by atoms with Crippen LogP contribution in [0.1, 0.15) is 77.3 Å². The van der Waals surface area contributed by atoms with Crippen LogP contribution in [0.3, 0.4) is 0 Å². The van der Waals surface area contributed by atoms with Gasteiger partial charge in [0.2, 0.25) is 0 Å². The van der Waals surface area contributed by atoms with E-state index in [4.69, 9.17) is 0 Å². The van der Waals surface area contributed by atoms with E-state index in [2.05, 4.69) is 33.8 Å². The molecule has 0 aliphatic carbocycles. The first-order valence-electron chi connectivity index (χ1n) is 8.00. The van der Waals surface area contributed by atoms with Crippen molar-refractivity contribution in [2.45, 2.75) is 79.1 Å². The Kier molecular flexibility index (Phi) is 11.5. The molecule has 1 heteroatoms. The predicted molar refractivity (Wildman–Crippen MR) is 85.9 cm³/mol. The van der Waals surface area contributed by atoms with E-state index in [1.54, 1.807) is 0 Å². The third-order valence-corrected chi connectivity index (χ3v) is 3.09. The van der Waals surface area contributed by atoms with Gasteiger partial charge in [0, 0.05) is 0 Å². The molecule has 0 bridgehead atoms. The highest BCUT2D eigenvalue weighted by atomic mass is 16.3. The molecular formula is C18H32O. The van der Waals surface area contributed by atoms with E-state index in [1.165, 1.54) is 44.1 Å². The second kappa shape index (κ2) is 12.1. The van der Waals surface area contributed by atoms with Gasteiger partial charge in [-0.3, -0.25) is 0 Å². The van der Waals surface area contributed by atoms with Crippen molar-refractivity contribution in [1.82, 2.24) is 0 Å².